The van der Waals surface area contributed by atoms with Gasteiger partial charge in [0.15, 0.2) is 11.7 Å². The minimum absolute atomic E-state index is 0.220. The molecule has 0 bridgehead atoms. The average molecular weight is 184 g/mol. The lowest BCUT2D eigenvalue weighted by atomic mass is 10.2. The first-order chi connectivity index (χ1) is 6.06. The van der Waals surface area contributed by atoms with Gasteiger partial charge in [-0.15, -0.1) is 0 Å². The van der Waals surface area contributed by atoms with Crippen molar-refractivity contribution in [2.45, 2.75) is 39.3 Å². The number of aliphatic hydroxyl groups excluding tert-OH is 1. The summed E-state index contributed by atoms with van der Waals surface area (Å²) in [6.45, 7) is 5.91. The molecule has 0 saturated heterocycles. The van der Waals surface area contributed by atoms with Crippen LogP contribution < -0.4 is 5.73 Å². The summed E-state index contributed by atoms with van der Waals surface area (Å²) in [5.41, 5.74) is 6.12. The van der Waals surface area contributed by atoms with E-state index < -0.39 is 6.10 Å². The highest BCUT2D eigenvalue weighted by Crippen LogP contribution is 2.22. The minimum Gasteiger partial charge on any atom is -0.442 e. The predicted octanol–water partition coefficient (Wildman–Crippen LogP) is 1.31. The second kappa shape index (κ2) is 3.89. The summed E-state index contributed by atoms with van der Waals surface area (Å²) < 4.78 is 5.39. The summed E-state index contributed by atoms with van der Waals surface area (Å²) in [6, 6.07) is 0. The van der Waals surface area contributed by atoms with Crippen LogP contribution in [0.4, 0.5) is 0 Å². The van der Waals surface area contributed by atoms with Crippen molar-refractivity contribution < 1.29 is 9.52 Å². The van der Waals surface area contributed by atoms with Crippen LogP contribution in [0.3, 0.4) is 0 Å². The van der Waals surface area contributed by atoms with Crippen molar-refractivity contribution in [2.24, 2.45) is 5.73 Å². The molecule has 13 heavy (non-hydrogen) atoms. The van der Waals surface area contributed by atoms with Gasteiger partial charge in [-0.25, -0.2) is 4.98 Å². The van der Waals surface area contributed by atoms with Gasteiger partial charge in [-0.2, -0.15) is 0 Å². The molecule has 0 fully saturated rings. The van der Waals surface area contributed by atoms with E-state index in [0.29, 0.717) is 23.9 Å². The molecule has 1 aromatic heterocycles. The van der Waals surface area contributed by atoms with Crippen LogP contribution in [0.1, 0.15) is 50.1 Å². The molecule has 4 heteroatoms. The summed E-state index contributed by atoms with van der Waals surface area (Å²) >= 11 is 0. The number of nitrogens with zero attached hydrogens (tertiary/aromatic N) is 1. The molecule has 1 rings (SSSR count). The van der Waals surface area contributed by atoms with E-state index in [1.54, 1.807) is 6.92 Å². The first-order valence-electron chi connectivity index (χ1n) is 4.43. The van der Waals surface area contributed by atoms with E-state index in [-0.39, 0.29) is 5.92 Å². The zero-order valence-electron chi connectivity index (χ0n) is 8.24. The van der Waals surface area contributed by atoms with Gasteiger partial charge in [0.2, 0.25) is 0 Å². The molecule has 0 amide bonds. The van der Waals surface area contributed by atoms with Gasteiger partial charge in [-0.1, -0.05) is 13.8 Å². The van der Waals surface area contributed by atoms with Crippen molar-refractivity contribution in [1.29, 1.82) is 0 Å². The number of aliphatic hydroxyl groups is 1. The SMILES string of the molecule is CC(C)c1nc(CN)c(C(C)O)o1. The monoisotopic (exact) mass is 184 g/mol. The van der Waals surface area contributed by atoms with Gasteiger partial charge < -0.3 is 15.3 Å². The maximum absolute atomic E-state index is 9.34. The van der Waals surface area contributed by atoms with Crippen LogP contribution in [-0.4, -0.2) is 10.1 Å². The number of hydrogen-bond donors (Lipinski definition) is 2. The zero-order chi connectivity index (χ0) is 10.0. The summed E-state index contributed by atoms with van der Waals surface area (Å²) in [7, 11) is 0. The van der Waals surface area contributed by atoms with Gasteiger partial charge in [0.1, 0.15) is 6.10 Å². The van der Waals surface area contributed by atoms with Crippen LogP contribution in [0.15, 0.2) is 4.42 Å². The molecule has 0 aliphatic heterocycles. The first kappa shape index (κ1) is 10.2. The molecule has 1 heterocycles. The van der Waals surface area contributed by atoms with Gasteiger partial charge in [0, 0.05) is 12.5 Å². The molecule has 74 valence electrons. The standard InChI is InChI=1S/C9H16N2O2/c1-5(2)9-11-7(4-10)8(13-9)6(3)12/h5-6,12H,4,10H2,1-3H3. The maximum Gasteiger partial charge on any atom is 0.197 e. The van der Waals surface area contributed by atoms with Gasteiger partial charge >= 0.3 is 0 Å². The van der Waals surface area contributed by atoms with Crippen molar-refractivity contribution in [3.8, 4) is 0 Å². The fourth-order valence-electron chi connectivity index (χ4n) is 1.10. The second-order valence-electron chi connectivity index (χ2n) is 3.40. The Morgan fingerprint density at radius 3 is 2.38 bits per heavy atom. The Hall–Kier alpha value is -0.870. The van der Waals surface area contributed by atoms with Crippen LogP contribution >= 0.6 is 0 Å². The van der Waals surface area contributed by atoms with Crippen molar-refractivity contribution >= 4 is 0 Å². The summed E-state index contributed by atoms with van der Waals surface area (Å²) in [5, 5.41) is 9.34. The van der Waals surface area contributed by atoms with E-state index in [9.17, 15) is 5.11 Å². The number of rotatable bonds is 3. The van der Waals surface area contributed by atoms with Gasteiger partial charge in [-0.05, 0) is 6.92 Å². The molecule has 0 aromatic carbocycles. The molecular formula is C9H16N2O2. The lowest BCUT2D eigenvalue weighted by molar-refractivity contribution is 0.165. The van der Waals surface area contributed by atoms with Crippen LogP contribution in [0, 0.1) is 0 Å². The second-order valence-corrected chi connectivity index (χ2v) is 3.40. The van der Waals surface area contributed by atoms with Crippen molar-refractivity contribution in [1.82, 2.24) is 4.98 Å². The van der Waals surface area contributed by atoms with Crippen molar-refractivity contribution in [3.63, 3.8) is 0 Å². The number of oxazole rings is 1. The normalized spacial score (nSPS) is 13.7. The number of nitrogens with two attached hydrogens (primary N) is 1. The molecule has 0 aliphatic carbocycles. The van der Waals surface area contributed by atoms with E-state index >= 15 is 0 Å². The minimum atomic E-state index is -0.640. The molecular weight excluding hydrogens is 168 g/mol. The highest BCUT2D eigenvalue weighted by Gasteiger charge is 2.17. The van der Waals surface area contributed by atoms with Crippen molar-refractivity contribution in [2.75, 3.05) is 0 Å². The maximum atomic E-state index is 9.34. The third-order valence-corrected chi connectivity index (χ3v) is 1.81. The molecule has 4 nitrogen and oxygen atoms in total. The molecule has 1 aromatic rings. The molecule has 0 spiro atoms. The molecule has 1 unspecified atom stereocenters. The van der Waals surface area contributed by atoms with Gasteiger partial charge in [0.05, 0.1) is 5.69 Å². The van der Waals surface area contributed by atoms with E-state index in [4.69, 9.17) is 10.2 Å². The molecule has 0 saturated carbocycles. The highest BCUT2D eigenvalue weighted by atomic mass is 16.4. The zero-order valence-corrected chi connectivity index (χ0v) is 8.24. The lowest BCUT2D eigenvalue weighted by Crippen LogP contribution is -2.02. The third-order valence-electron chi connectivity index (χ3n) is 1.81. The molecule has 3 N–H and O–H groups in total. The molecule has 0 radical (unpaired) electrons. The predicted molar refractivity (Wildman–Crippen MR) is 49.1 cm³/mol. The Morgan fingerprint density at radius 2 is 2.08 bits per heavy atom. The lowest BCUT2D eigenvalue weighted by Gasteiger charge is -2.00. The number of hydrogen-bond acceptors (Lipinski definition) is 4. The Kier molecular flexibility index (Phi) is 3.06. The molecule has 1 atom stereocenters. The summed E-state index contributed by atoms with van der Waals surface area (Å²) in [4.78, 5) is 4.20. The van der Waals surface area contributed by atoms with Crippen LogP contribution in [-0.2, 0) is 6.54 Å². The Bertz CT molecular complexity index is 279. The summed E-state index contributed by atoms with van der Waals surface area (Å²) in [5.74, 6) is 1.35. The summed E-state index contributed by atoms with van der Waals surface area (Å²) in [6.07, 6.45) is -0.640. The Morgan fingerprint density at radius 1 is 1.46 bits per heavy atom. The highest BCUT2D eigenvalue weighted by molar-refractivity contribution is 5.13. The smallest absolute Gasteiger partial charge is 0.197 e. The van der Waals surface area contributed by atoms with E-state index in [0.717, 1.165) is 0 Å². The first-order valence-corrected chi connectivity index (χ1v) is 4.43. The topological polar surface area (TPSA) is 72.3 Å². The van der Waals surface area contributed by atoms with E-state index in [2.05, 4.69) is 4.98 Å². The Balaban J connectivity index is 3.04. The largest absolute Gasteiger partial charge is 0.442 e. The third kappa shape index (κ3) is 2.08. The number of aromatic nitrogens is 1. The average Bonchev–Trinajstić information content (AvgIpc) is 2.47. The van der Waals surface area contributed by atoms with Crippen LogP contribution in [0.5, 0.6) is 0 Å². The van der Waals surface area contributed by atoms with Gasteiger partial charge in [-0.3, -0.25) is 0 Å². The quantitative estimate of drug-likeness (QED) is 0.742. The fraction of sp³-hybridized carbons (Fsp3) is 0.667. The van der Waals surface area contributed by atoms with E-state index in [1.807, 2.05) is 13.8 Å². The Labute approximate surface area is 77.8 Å². The van der Waals surface area contributed by atoms with Gasteiger partial charge in [0.25, 0.3) is 0 Å². The van der Waals surface area contributed by atoms with Crippen LogP contribution in [0.2, 0.25) is 0 Å². The van der Waals surface area contributed by atoms with E-state index in [1.165, 1.54) is 0 Å². The molecule has 0 aliphatic rings. The van der Waals surface area contributed by atoms with Crippen LogP contribution in [0.25, 0.3) is 0 Å². The fourth-order valence-corrected chi connectivity index (χ4v) is 1.10. The van der Waals surface area contributed by atoms with Crippen molar-refractivity contribution in [3.05, 3.63) is 17.3 Å².